The molecule has 2 unspecified atom stereocenters. The number of rotatable bonds is 1. The molecule has 0 aliphatic carbocycles. The number of para-hydroxylation sites is 1. The van der Waals surface area contributed by atoms with E-state index in [4.69, 9.17) is 10.5 Å². The van der Waals surface area contributed by atoms with E-state index < -0.39 is 0 Å². The number of ether oxygens (including phenoxy) is 1. The summed E-state index contributed by atoms with van der Waals surface area (Å²) in [6.07, 6.45) is 2.32. The van der Waals surface area contributed by atoms with Crippen LogP contribution in [0.2, 0.25) is 0 Å². The molecule has 1 amide bonds. The quantitative estimate of drug-likeness (QED) is 0.573. The molecule has 2 heterocycles. The van der Waals surface area contributed by atoms with Crippen LogP contribution in [0.25, 0.3) is 0 Å². The number of phenolic OH excluding ortho intramolecular Hbond substituents is 1. The second-order valence-corrected chi connectivity index (χ2v) is 4.91. The third-order valence-corrected chi connectivity index (χ3v) is 3.63. The Balaban J connectivity index is 1.84. The molecule has 1 aromatic rings. The first-order valence-electron chi connectivity index (χ1n) is 6.17. The molecular formula is C13H16N2O3. The number of morpholine rings is 1. The summed E-state index contributed by atoms with van der Waals surface area (Å²) in [5.74, 6) is -0.290. The first kappa shape index (κ1) is 11.3. The van der Waals surface area contributed by atoms with Crippen LogP contribution >= 0.6 is 0 Å². The van der Waals surface area contributed by atoms with E-state index in [0.717, 1.165) is 12.8 Å². The molecule has 0 aromatic heterocycles. The van der Waals surface area contributed by atoms with Gasteiger partial charge in [-0.25, -0.2) is 0 Å². The zero-order valence-corrected chi connectivity index (χ0v) is 10.0. The highest BCUT2D eigenvalue weighted by molar-refractivity contribution is 5.98. The summed E-state index contributed by atoms with van der Waals surface area (Å²) in [6, 6.07) is 4.86. The minimum atomic E-state index is -0.167. The number of fused-ring (bicyclic) bond motifs is 2. The van der Waals surface area contributed by atoms with E-state index in [1.807, 2.05) is 0 Å². The van der Waals surface area contributed by atoms with Gasteiger partial charge in [-0.3, -0.25) is 4.79 Å². The Bertz CT molecular complexity index is 477. The second-order valence-electron chi connectivity index (χ2n) is 4.91. The summed E-state index contributed by atoms with van der Waals surface area (Å²) in [5.41, 5.74) is 6.12. The lowest BCUT2D eigenvalue weighted by Gasteiger charge is -2.32. The normalized spacial score (nSPS) is 26.3. The van der Waals surface area contributed by atoms with Gasteiger partial charge in [-0.1, -0.05) is 6.07 Å². The van der Waals surface area contributed by atoms with Gasteiger partial charge < -0.3 is 20.5 Å². The average Bonchev–Trinajstić information content (AvgIpc) is 2.71. The van der Waals surface area contributed by atoms with Gasteiger partial charge in [0.05, 0.1) is 23.5 Å². The van der Waals surface area contributed by atoms with Crippen molar-refractivity contribution in [2.75, 3.05) is 18.8 Å². The van der Waals surface area contributed by atoms with Crippen molar-refractivity contribution < 1.29 is 14.6 Å². The Morgan fingerprint density at radius 2 is 2.00 bits per heavy atom. The third kappa shape index (κ3) is 1.80. The number of nitrogens with zero attached hydrogens (tertiary/aromatic N) is 1. The van der Waals surface area contributed by atoms with Gasteiger partial charge in [-0.15, -0.1) is 0 Å². The Hall–Kier alpha value is -1.75. The Kier molecular flexibility index (Phi) is 2.63. The number of nitrogen functional groups attached to an aromatic ring is 1. The molecule has 2 bridgehead atoms. The molecule has 2 aliphatic heterocycles. The molecule has 2 fully saturated rings. The lowest BCUT2D eigenvalue weighted by Crippen LogP contribution is -2.45. The fraction of sp³-hybridized carbons (Fsp3) is 0.462. The Morgan fingerprint density at radius 3 is 2.67 bits per heavy atom. The van der Waals surface area contributed by atoms with Crippen LogP contribution in [0.4, 0.5) is 5.69 Å². The molecule has 96 valence electrons. The highest BCUT2D eigenvalue weighted by Gasteiger charge is 2.36. The van der Waals surface area contributed by atoms with Crippen molar-refractivity contribution in [2.24, 2.45) is 0 Å². The molecular weight excluding hydrogens is 232 g/mol. The summed E-state index contributed by atoms with van der Waals surface area (Å²) in [6.45, 7) is 1.20. The molecule has 18 heavy (non-hydrogen) atoms. The molecule has 5 nitrogen and oxygen atoms in total. The van der Waals surface area contributed by atoms with Crippen LogP contribution in [0.1, 0.15) is 23.2 Å². The first-order valence-corrected chi connectivity index (χ1v) is 6.17. The number of nitrogens with two attached hydrogens (primary N) is 1. The number of phenols is 1. The van der Waals surface area contributed by atoms with E-state index in [2.05, 4.69) is 0 Å². The smallest absolute Gasteiger partial charge is 0.257 e. The number of anilines is 1. The minimum absolute atomic E-state index is 0.124. The maximum atomic E-state index is 12.3. The van der Waals surface area contributed by atoms with Gasteiger partial charge in [0.15, 0.2) is 5.75 Å². The van der Waals surface area contributed by atoms with Crippen LogP contribution in [0.5, 0.6) is 5.75 Å². The van der Waals surface area contributed by atoms with Crippen LogP contribution in [0, 0.1) is 0 Å². The predicted molar refractivity (Wildman–Crippen MR) is 66.3 cm³/mol. The summed E-state index contributed by atoms with van der Waals surface area (Å²) < 4.78 is 5.69. The zero-order valence-electron chi connectivity index (χ0n) is 10.0. The molecule has 1 aromatic carbocycles. The van der Waals surface area contributed by atoms with E-state index >= 15 is 0 Å². The van der Waals surface area contributed by atoms with Crippen LogP contribution in [0.3, 0.4) is 0 Å². The molecule has 2 atom stereocenters. The molecule has 3 N–H and O–H groups in total. The fourth-order valence-corrected chi connectivity index (χ4v) is 2.68. The highest BCUT2D eigenvalue weighted by atomic mass is 16.5. The van der Waals surface area contributed by atoms with Gasteiger partial charge >= 0.3 is 0 Å². The van der Waals surface area contributed by atoms with E-state index in [9.17, 15) is 9.90 Å². The van der Waals surface area contributed by atoms with E-state index in [0.29, 0.717) is 13.1 Å². The highest BCUT2D eigenvalue weighted by Crippen LogP contribution is 2.30. The summed E-state index contributed by atoms with van der Waals surface area (Å²) >= 11 is 0. The number of likely N-dealkylation sites (tertiary alicyclic amines) is 1. The molecule has 0 saturated carbocycles. The van der Waals surface area contributed by atoms with E-state index in [-0.39, 0.29) is 35.1 Å². The molecule has 5 heteroatoms. The van der Waals surface area contributed by atoms with Gasteiger partial charge in [0.1, 0.15) is 0 Å². The van der Waals surface area contributed by atoms with Gasteiger partial charge in [-0.2, -0.15) is 0 Å². The van der Waals surface area contributed by atoms with Gasteiger partial charge in [-0.05, 0) is 25.0 Å². The van der Waals surface area contributed by atoms with Crippen molar-refractivity contribution in [1.29, 1.82) is 0 Å². The second kappa shape index (κ2) is 4.17. The number of benzene rings is 1. The summed E-state index contributed by atoms with van der Waals surface area (Å²) in [5, 5.41) is 9.84. The van der Waals surface area contributed by atoms with Gasteiger partial charge in [0, 0.05) is 13.1 Å². The Morgan fingerprint density at radius 1 is 1.33 bits per heavy atom. The fourth-order valence-electron chi connectivity index (χ4n) is 2.68. The standard InChI is InChI=1S/C13H16N2O3/c14-11-3-1-2-10(12(11)16)13(17)15-6-8-4-5-9(7-15)18-8/h1-3,8-9,16H,4-7,14H2. The molecule has 3 rings (SSSR count). The lowest BCUT2D eigenvalue weighted by molar-refractivity contribution is -0.0304. The molecule has 0 radical (unpaired) electrons. The van der Waals surface area contributed by atoms with Crippen molar-refractivity contribution in [2.45, 2.75) is 25.0 Å². The summed E-state index contributed by atoms with van der Waals surface area (Å²) in [7, 11) is 0. The average molecular weight is 248 g/mol. The van der Waals surface area contributed by atoms with Crippen LogP contribution in [-0.4, -0.2) is 41.2 Å². The topological polar surface area (TPSA) is 75.8 Å². The lowest BCUT2D eigenvalue weighted by atomic mass is 10.1. The van der Waals surface area contributed by atoms with Crippen molar-refractivity contribution in [3.05, 3.63) is 23.8 Å². The number of carbonyl (C=O) groups is 1. The van der Waals surface area contributed by atoms with Crippen molar-refractivity contribution in [3.8, 4) is 5.75 Å². The zero-order chi connectivity index (χ0) is 12.7. The minimum Gasteiger partial charge on any atom is -0.505 e. The SMILES string of the molecule is Nc1cccc(C(=O)N2CC3CCC(C2)O3)c1O. The van der Waals surface area contributed by atoms with Crippen molar-refractivity contribution >= 4 is 11.6 Å². The Labute approximate surface area is 105 Å². The van der Waals surface area contributed by atoms with E-state index in [1.54, 1.807) is 23.1 Å². The molecule has 2 aliphatic rings. The number of hydrogen-bond donors (Lipinski definition) is 2. The third-order valence-electron chi connectivity index (χ3n) is 3.63. The van der Waals surface area contributed by atoms with Crippen LogP contribution < -0.4 is 5.73 Å². The van der Waals surface area contributed by atoms with Gasteiger partial charge in [0.25, 0.3) is 5.91 Å². The van der Waals surface area contributed by atoms with Crippen LogP contribution in [0.15, 0.2) is 18.2 Å². The molecule has 0 spiro atoms. The van der Waals surface area contributed by atoms with Crippen LogP contribution in [-0.2, 0) is 4.74 Å². The number of carbonyl (C=O) groups excluding carboxylic acids is 1. The number of aromatic hydroxyl groups is 1. The van der Waals surface area contributed by atoms with E-state index in [1.165, 1.54) is 0 Å². The first-order chi connectivity index (χ1) is 8.65. The summed E-state index contributed by atoms with van der Waals surface area (Å²) in [4.78, 5) is 14.1. The maximum absolute atomic E-state index is 12.3. The predicted octanol–water partition coefficient (Wildman–Crippen LogP) is 0.978. The number of amides is 1. The van der Waals surface area contributed by atoms with Gasteiger partial charge in [0.2, 0.25) is 0 Å². The van der Waals surface area contributed by atoms with Crippen molar-refractivity contribution in [3.63, 3.8) is 0 Å². The monoisotopic (exact) mass is 248 g/mol. The maximum Gasteiger partial charge on any atom is 0.257 e. The largest absolute Gasteiger partial charge is 0.505 e. The molecule has 2 saturated heterocycles. The number of hydrogen-bond acceptors (Lipinski definition) is 4. The van der Waals surface area contributed by atoms with Crippen molar-refractivity contribution in [1.82, 2.24) is 4.90 Å².